The Morgan fingerprint density at radius 2 is 1.94 bits per heavy atom. The third-order valence-electron chi connectivity index (χ3n) is 2.76. The van der Waals surface area contributed by atoms with Gasteiger partial charge in [-0.3, -0.25) is 4.57 Å². The summed E-state index contributed by atoms with van der Waals surface area (Å²) >= 11 is 0. The van der Waals surface area contributed by atoms with E-state index in [4.69, 9.17) is 0 Å². The fourth-order valence-corrected chi connectivity index (χ4v) is 1.99. The van der Waals surface area contributed by atoms with E-state index in [0.29, 0.717) is 16.7 Å². The standard InChI is InChI=1S/C13H9FN2O2/c14-8-3-1-4-9(7-8)16-10-5-2-6-11(17)12(10)15-13(16)18/h1-7,17H,(H,15,18). The number of nitrogens with one attached hydrogen (secondary N) is 1. The lowest BCUT2D eigenvalue weighted by Crippen LogP contribution is -2.14. The molecule has 1 heterocycles. The number of para-hydroxylation sites is 1. The van der Waals surface area contributed by atoms with E-state index in [1.807, 2.05) is 0 Å². The van der Waals surface area contributed by atoms with Gasteiger partial charge in [-0.05, 0) is 30.3 Å². The molecule has 0 aliphatic rings. The summed E-state index contributed by atoms with van der Waals surface area (Å²) in [5.74, 6) is -0.436. The van der Waals surface area contributed by atoms with Gasteiger partial charge < -0.3 is 10.1 Å². The van der Waals surface area contributed by atoms with Crippen molar-refractivity contribution in [3.63, 3.8) is 0 Å². The smallest absolute Gasteiger partial charge is 0.331 e. The molecule has 0 aliphatic carbocycles. The van der Waals surface area contributed by atoms with Crippen molar-refractivity contribution >= 4 is 11.0 Å². The van der Waals surface area contributed by atoms with Crippen molar-refractivity contribution in [2.24, 2.45) is 0 Å². The molecule has 90 valence electrons. The number of phenols is 1. The van der Waals surface area contributed by atoms with Gasteiger partial charge in [0.25, 0.3) is 0 Å². The maximum Gasteiger partial charge on any atom is 0.331 e. The number of aromatic amines is 1. The van der Waals surface area contributed by atoms with Gasteiger partial charge in [-0.25, -0.2) is 9.18 Å². The highest BCUT2D eigenvalue weighted by Crippen LogP contribution is 2.23. The molecule has 0 amide bonds. The molecule has 0 saturated carbocycles. The fraction of sp³-hybridized carbons (Fsp3) is 0. The molecule has 2 N–H and O–H groups in total. The number of hydrogen-bond donors (Lipinski definition) is 2. The van der Waals surface area contributed by atoms with Crippen molar-refractivity contribution in [1.29, 1.82) is 0 Å². The number of aromatic hydroxyl groups is 1. The van der Waals surface area contributed by atoms with Crippen LogP contribution >= 0.6 is 0 Å². The number of imidazole rings is 1. The quantitative estimate of drug-likeness (QED) is 0.689. The Hall–Kier alpha value is -2.56. The molecule has 0 fully saturated rings. The van der Waals surface area contributed by atoms with Crippen LogP contribution in [0.1, 0.15) is 0 Å². The largest absolute Gasteiger partial charge is 0.506 e. The van der Waals surface area contributed by atoms with E-state index in [1.54, 1.807) is 18.2 Å². The minimum absolute atomic E-state index is 0.0141. The van der Waals surface area contributed by atoms with Gasteiger partial charge in [0.05, 0.1) is 11.2 Å². The summed E-state index contributed by atoms with van der Waals surface area (Å²) in [5.41, 5.74) is 0.839. The van der Waals surface area contributed by atoms with Crippen molar-refractivity contribution in [2.75, 3.05) is 0 Å². The van der Waals surface area contributed by atoms with Crippen molar-refractivity contribution in [1.82, 2.24) is 9.55 Å². The Morgan fingerprint density at radius 3 is 2.72 bits per heavy atom. The van der Waals surface area contributed by atoms with E-state index >= 15 is 0 Å². The van der Waals surface area contributed by atoms with E-state index in [0.717, 1.165) is 0 Å². The maximum atomic E-state index is 13.2. The molecule has 0 spiro atoms. The first kappa shape index (κ1) is 10.6. The molecule has 3 aromatic rings. The van der Waals surface area contributed by atoms with Crippen LogP contribution in [0.4, 0.5) is 4.39 Å². The highest BCUT2D eigenvalue weighted by Gasteiger charge is 2.11. The van der Waals surface area contributed by atoms with Crippen LogP contribution in [0.25, 0.3) is 16.7 Å². The van der Waals surface area contributed by atoms with Gasteiger partial charge in [0, 0.05) is 0 Å². The molecule has 5 heteroatoms. The second-order valence-corrected chi connectivity index (χ2v) is 3.92. The Bertz CT molecular complexity index is 789. The highest BCUT2D eigenvalue weighted by atomic mass is 19.1. The summed E-state index contributed by atoms with van der Waals surface area (Å²) in [4.78, 5) is 14.4. The van der Waals surface area contributed by atoms with Crippen LogP contribution < -0.4 is 5.69 Å². The lowest BCUT2D eigenvalue weighted by molar-refractivity contribution is 0.480. The maximum absolute atomic E-state index is 13.2. The van der Waals surface area contributed by atoms with E-state index in [-0.39, 0.29) is 5.75 Å². The first-order valence-electron chi connectivity index (χ1n) is 5.35. The monoisotopic (exact) mass is 244 g/mol. The van der Waals surface area contributed by atoms with Gasteiger partial charge in [0.1, 0.15) is 17.1 Å². The molecule has 0 saturated heterocycles. The van der Waals surface area contributed by atoms with Crippen LogP contribution in [0.15, 0.2) is 47.3 Å². The summed E-state index contributed by atoms with van der Waals surface area (Å²) in [7, 11) is 0. The Morgan fingerprint density at radius 1 is 1.17 bits per heavy atom. The predicted octanol–water partition coefficient (Wildman–Crippen LogP) is 2.16. The Balaban J connectivity index is 2.39. The molecule has 18 heavy (non-hydrogen) atoms. The summed E-state index contributed by atoms with van der Waals surface area (Å²) in [5, 5.41) is 9.65. The number of fused-ring (bicyclic) bond motifs is 1. The lowest BCUT2D eigenvalue weighted by atomic mass is 10.2. The number of phenolic OH excluding ortho intramolecular Hbond substituents is 1. The summed E-state index contributed by atoms with van der Waals surface area (Å²) in [6.45, 7) is 0. The molecule has 1 aromatic heterocycles. The minimum Gasteiger partial charge on any atom is -0.506 e. The zero-order valence-corrected chi connectivity index (χ0v) is 9.22. The van der Waals surface area contributed by atoms with Crippen molar-refractivity contribution in [2.45, 2.75) is 0 Å². The molecule has 2 aromatic carbocycles. The molecule has 0 atom stereocenters. The van der Waals surface area contributed by atoms with Crippen LogP contribution in [0.3, 0.4) is 0 Å². The average molecular weight is 244 g/mol. The Labute approximate surface area is 101 Å². The molecule has 3 rings (SSSR count). The number of rotatable bonds is 1. The van der Waals surface area contributed by atoms with E-state index in [9.17, 15) is 14.3 Å². The molecule has 4 nitrogen and oxygen atoms in total. The molecule has 0 radical (unpaired) electrons. The number of benzene rings is 2. The number of nitrogens with zero attached hydrogens (tertiary/aromatic N) is 1. The van der Waals surface area contributed by atoms with Gasteiger partial charge in [0.2, 0.25) is 0 Å². The van der Waals surface area contributed by atoms with Gasteiger partial charge in [0.15, 0.2) is 0 Å². The van der Waals surface area contributed by atoms with Gasteiger partial charge in [-0.15, -0.1) is 0 Å². The summed E-state index contributed by atoms with van der Waals surface area (Å²) in [6, 6.07) is 10.5. The molecule has 0 unspecified atom stereocenters. The molecular formula is C13H9FN2O2. The fourth-order valence-electron chi connectivity index (χ4n) is 1.99. The topological polar surface area (TPSA) is 58.0 Å². The van der Waals surface area contributed by atoms with E-state index < -0.39 is 11.5 Å². The van der Waals surface area contributed by atoms with Crippen LogP contribution in [-0.2, 0) is 0 Å². The highest BCUT2D eigenvalue weighted by molar-refractivity contribution is 5.82. The first-order chi connectivity index (χ1) is 8.66. The van der Waals surface area contributed by atoms with Crippen molar-refractivity contribution in [3.8, 4) is 11.4 Å². The van der Waals surface area contributed by atoms with Crippen LogP contribution in [0.5, 0.6) is 5.75 Å². The third kappa shape index (κ3) is 1.48. The predicted molar refractivity (Wildman–Crippen MR) is 65.5 cm³/mol. The second kappa shape index (κ2) is 3.73. The average Bonchev–Trinajstić information content (AvgIpc) is 2.67. The Kier molecular flexibility index (Phi) is 2.19. The minimum atomic E-state index is -0.422. The zero-order valence-electron chi connectivity index (χ0n) is 9.22. The second-order valence-electron chi connectivity index (χ2n) is 3.92. The van der Waals surface area contributed by atoms with Crippen molar-refractivity contribution in [3.05, 3.63) is 58.8 Å². The van der Waals surface area contributed by atoms with Gasteiger partial charge in [-0.1, -0.05) is 12.1 Å². The van der Waals surface area contributed by atoms with Gasteiger partial charge in [-0.2, -0.15) is 0 Å². The molecule has 0 bridgehead atoms. The lowest BCUT2D eigenvalue weighted by Gasteiger charge is -2.03. The molecule has 0 aliphatic heterocycles. The van der Waals surface area contributed by atoms with E-state index in [2.05, 4.69) is 4.98 Å². The van der Waals surface area contributed by atoms with Crippen LogP contribution in [-0.4, -0.2) is 14.7 Å². The van der Waals surface area contributed by atoms with Crippen molar-refractivity contribution < 1.29 is 9.50 Å². The SMILES string of the molecule is O=c1[nH]c2c(O)cccc2n1-c1cccc(F)c1. The van der Waals surface area contributed by atoms with Gasteiger partial charge >= 0.3 is 5.69 Å². The zero-order chi connectivity index (χ0) is 12.7. The number of H-pyrrole nitrogens is 1. The van der Waals surface area contributed by atoms with Crippen LogP contribution in [0.2, 0.25) is 0 Å². The number of aromatic nitrogens is 2. The number of halogens is 1. The molecular weight excluding hydrogens is 235 g/mol. The summed E-state index contributed by atoms with van der Waals surface area (Å²) < 4.78 is 14.5. The first-order valence-corrected chi connectivity index (χ1v) is 5.35. The third-order valence-corrected chi connectivity index (χ3v) is 2.76. The summed E-state index contributed by atoms with van der Waals surface area (Å²) in [6.07, 6.45) is 0. The number of hydrogen-bond acceptors (Lipinski definition) is 2. The van der Waals surface area contributed by atoms with E-state index in [1.165, 1.54) is 28.8 Å². The normalized spacial score (nSPS) is 10.9. The van der Waals surface area contributed by atoms with Crippen LogP contribution in [0, 0.1) is 5.82 Å².